The van der Waals surface area contributed by atoms with E-state index in [9.17, 15) is 0 Å². The molecule has 108 valence electrons. The number of nitrogens with zero attached hydrogens (tertiary/aromatic N) is 2. The first-order valence-corrected chi connectivity index (χ1v) is 6.85. The lowest BCUT2D eigenvalue weighted by Gasteiger charge is -2.31. The van der Waals surface area contributed by atoms with Crippen LogP contribution in [0.5, 0.6) is 0 Å². The van der Waals surface area contributed by atoms with Crippen molar-refractivity contribution in [2.45, 2.75) is 44.9 Å². The molecule has 0 aromatic rings. The number of hydrogen-bond acceptors (Lipinski definition) is 4. The van der Waals surface area contributed by atoms with Crippen LogP contribution in [0.3, 0.4) is 0 Å². The Bertz CT molecular complexity index is 276. The van der Waals surface area contributed by atoms with E-state index in [1.54, 1.807) is 0 Å². The van der Waals surface area contributed by atoms with Crippen molar-refractivity contribution < 1.29 is 4.74 Å². The summed E-state index contributed by atoms with van der Waals surface area (Å²) in [6, 6.07) is 0.0920. The quantitative estimate of drug-likeness (QED) is 0.798. The predicted molar refractivity (Wildman–Crippen MR) is 76.8 cm³/mol. The molecule has 2 unspecified atom stereocenters. The first-order chi connectivity index (χ1) is 8.06. The summed E-state index contributed by atoms with van der Waals surface area (Å²) in [6.07, 6.45) is 0. The van der Waals surface area contributed by atoms with Crippen molar-refractivity contribution in [3.05, 3.63) is 0 Å². The van der Waals surface area contributed by atoms with E-state index in [0.717, 1.165) is 19.6 Å². The van der Waals surface area contributed by atoms with Crippen molar-refractivity contribution in [2.75, 3.05) is 40.8 Å². The Kier molecular flexibility index (Phi) is 4.81. The van der Waals surface area contributed by atoms with E-state index in [1.807, 2.05) is 0 Å². The van der Waals surface area contributed by atoms with Gasteiger partial charge in [0.15, 0.2) is 0 Å². The Hall–Kier alpha value is -0.160. The Morgan fingerprint density at radius 3 is 1.94 bits per heavy atom. The average molecular weight is 257 g/mol. The molecule has 0 radical (unpaired) electrons. The van der Waals surface area contributed by atoms with Gasteiger partial charge in [-0.3, -0.25) is 0 Å². The second kappa shape index (κ2) is 5.45. The maximum absolute atomic E-state index is 6.37. The van der Waals surface area contributed by atoms with Crippen LogP contribution in [-0.2, 0) is 4.74 Å². The van der Waals surface area contributed by atoms with Crippen LogP contribution in [0.2, 0.25) is 0 Å². The van der Waals surface area contributed by atoms with Gasteiger partial charge in [-0.15, -0.1) is 0 Å². The standard InChI is InChI=1S/C14H31N3O/c1-13(2)11(12(15)14(3,4)18-13)10-17(7)9-8-16(5)6/h11-12H,8-10,15H2,1-7H3. The predicted octanol–water partition coefficient (Wildman–Crippen LogP) is 1.01. The lowest BCUT2D eigenvalue weighted by Crippen LogP contribution is -2.48. The molecule has 4 heteroatoms. The third kappa shape index (κ3) is 3.67. The van der Waals surface area contributed by atoms with E-state index in [0.29, 0.717) is 5.92 Å². The zero-order chi connectivity index (χ0) is 14.1. The van der Waals surface area contributed by atoms with Gasteiger partial charge < -0.3 is 20.3 Å². The molecule has 1 fully saturated rings. The van der Waals surface area contributed by atoms with E-state index in [1.165, 1.54) is 0 Å². The molecule has 0 spiro atoms. The molecular weight excluding hydrogens is 226 g/mol. The summed E-state index contributed by atoms with van der Waals surface area (Å²) >= 11 is 0. The van der Waals surface area contributed by atoms with Crippen LogP contribution in [0.1, 0.15) is 27.7 Å². The van der Waals surface area contributed by atoms with Crippen LogP contribution < -0.4 is 5.73 Å². The molecule has 0 aromatic heterocycles. The Balaban J connectivity index is 2.60. The van der Waals surface area contributed by atoms with Crippen LogP contribution in [0.15, 0.2) is 0 Å². The number of likely N-dealkylation sites (N-methyl/N-ethyl adjacent to an activating group) is 2. The van der Waals surface area contributed by atoms with Gasteiger partial charge in [0, 0.05) is 31.6 Å². The normalized spacial score (nSPS) is 30.3. The summed E-state index contributed by atoms with van der Waals surface area (Å²) in [5.74, 6) is 0.375. The first-order valence-electron chi connectivity index (χ1n) is 6.85. The molecule has 1 aliphatic heterocycles. The molecule has 0 aromatic carbocycles. The minimum Gasteiger partial charge on any atom is -0.368 e. The van der Waals surface area contributed by atoms with Gasteiger partial charge in [-0.2, -0.15) is 0 Å². The third-order valence-electron chi connectivity index (χ3n) is 4.09. The van der Waals surface area contributed by atoms with Crippen LogP contribution in [0, 0.1) is 5.92 Å². The van der Waals surface area contributed by atoms with E-state index in [4.69, 9.17) is 10.5 Å². The molecule has 1 aliphatic rings. The fourth-order valence-corrected chi connectivity index (χ4v) is 2.87. The highest BCUT2D eigenvalue weighted by atomic mass is 16.5. The third-order valence-corrected chi connectivity index (χ3v) is 4.09. The lowest BCUT2D eigenvalue weighted by atomic mass is 9.83. The minimum absolute atomic E-state index is 0.0920. The highest BCUT2D eigenvalue weighted by molar-refractivity contribution is 5.04. The molecule has 4 nitrogen and oxygen atoms in total. The van der Waals surface area contributed by atoms with E-state index >= 15 is 0 Å². The molecule has 0 aliphatic carbocycles. The van der Waals surface area contributed by atoms with Crippen LogP contribution >= 0.6 is 0 Å². The van der Waals surface area contributed by atoms with Gasteiger partial charge >= 0.3 is 0 Å². The van der Waals surface area contributed by atoms with Crippen molar-refractivity contribution in [2.24, 2.45) is 11.7 Å². The summed E-state index contributed by atoms with van der Waals surface area (Å²) in [6.45, 7) is 11.6. The minimum atomic E-state index is -0.226. The molecule has 2 N–H and O–H groups in total. The smallest absolute Gasteiger partial charge is 0.0788 e. The van der Waals surface area contributed by atoms with E-state index < -0.39 is 0 Å². The molecule has 0 amide bonds. The van der Waals surface area contributed by atoms with Crippen molar-refractivity contribution in [1.82, 2.24) is 9.80 Å². The number of hydrogen-bond donors (Lipinski definition) is 1. The zero-order valence-corrected chi connectivity index (χ0v) is 13.2. The summed E-state index contributed by atoms with van der Waals surface area (Å²) in [7, 11) is 6.37. The fourth-order valence-electron chi connectivity index (χ4n) is 2.87. The summed E-state index contributed by atoms with van der Waals surface area (Å²) in [5.41, 5.74) is 6.01. The fraction of sp³-hybridized carbons (Fsp3) is 1.00. The van der Waals surface area contributed by atoms with Crippen molar-refractivity contribution >= 4 is 0 Å². The van der Waals surface area contributed by atoms with Crippen molar-refractivity contribution in [3.63, 3.8) is 0 Å². The van der Waals surface area contributed by atoms with Crippen molar-refractivity contribution in [1.29, 1.82) is 0 Å². The first kappa shape index (κ1) is 15.9. The van der Waals surface area contributed by atoms with Gasteiger partial charge in [-0.25, -0.2) is 0 Å². The lowest BCUT2D eigenvalue weighted by molar-refractivity contribution is -0.0781. The van der Waals surface area contributed by atoms with Crippen molar-refractivity contribution in [3.8, 4) is 0 Å². The van der Waals surface area contributed by atoms with Gasteiger partial charge in [0.05, 0.1) is 11.2 Å². The van der Waals surface area contributed by atoms with E-state index in [-0.39, 0.29) is 17.2 Å². The van der Waals surface area contributed by atoms with Crippen LogP contribution in [0.25, 0.3) is 0 Å². The van der Waals surface area contributed by atoms with Crippen LogP contribution in [-0.4, -0.2) is 67.8 Å². The Labute approximate surface area is 112 Å². The highest BCUT2D eigenvalue weighted by Crippen LogP contribution is 2.41. The number of ether oxygens (including phenoxy) is 1. The maximum Gasteiger partial charge on any atom is 0.0788 e. The highest BCUT2D eigenvalue weighted by Gasteiger charge is 2.52. The van der Waals surface area contributed by atoms with Gasteiger partial charge in [-0.05, 0) is 48.8 Å². The monoisotopic (exact) mass is 257 g/mol. The number of rotatable bonds is 5. The molecule has 1 heterocycles. The summed E-state index contributed by atoms with van der Waals surface area (Å²) in [5, 5.41) is 0. The SMILES string of the molecule is CN(C)CCN(C)CC1C(N)C(C)(C)OC1(C)C. The number of nitrogens with two attached hydrogens (primary N) is 1. The molecular formula is C14H31N3O. The molecule has 1 rings (SSSR count). The molecule has 18 heavy (non-hydrogen) atoms. The maximum atomic E-state index is 6.37. The largest absolute Gasteiger partial charge is 0.368 e. The van der Waals surface area contributed by atoms with Gasteiger partial charge in [0.2, 0.25) is 0 Å². The molecule has 2 atom stereocenters. The van der Waals surface area contributed by atoms with Gasteiger partial charge in [0.25, 0.3) is 0 Å². The summed E-state index contributed by atoms with van der Waals surface area (Å²) in [4.78, 5) is 4.56. The summed E-state index contributed by atoms with van der Waals surface area (Å²) < 4.78 is 6.13. The molecule has 0 bridgehead atoms. The Morgan fingerprint density at radius 1 is 1.00 bits per heavy atom. The topological polar surface area (TPSA) is 41.7 Å². The second-order valence-electron chi connectivity index (χ2n) is 7.01. The van der Waals surface area contributed by atoms with Gasteiger partial charge in [0.1, 0.15) is 0 Å². The molecule has 1 saturated heterocycles. The van der Waals surface area contributed by atoms with Crippen LogP contribution in [0.4, 0.5) is 0 Å². The zero-order valence-electron chi connectivity index (χ0n) is 13.2. The average Bonchev–Trinajstić information content (AvgIpc) is 2.33. The van der Waals surface area contributed by atoms with Gasteiger partial charge in [-0.1, -0.05) is 0 Å². The second-order valence-corrected chi connectivity index (χ2v) is 7.01. The van der Waals surface area contributed by atoms with E-state index in [2.05, 4.69) is 58.6 Å². The Morgan fingerprint density at radius 2 is 1.56 bits per heavy atom. The molecule has 0 saturated carbocycles.